The summed E-state index contributed by atoms with van der Waals surface area (Å²) in [4.78, 5) is 24.1. The van der Waals surface area contributed by atoms with Crippen LogP contribution in [0.2, 0.25) is 0 Å². The number of nitrogens with zero attached hydrogens (tertiary/aromatic N) is 1. The van der Waals surface area contributed by atoms with Gasteiger partial charge in [-0.25, -0.2) is 4.79 Å². The molecular weight excluding hydrogens is 268 g/mol. The Morgan fingerprint density at radius 3 is 2.48 bits per heavy atom. The maximum atomic E-state index is 11.9. The Bertz CT molecular complexity index is 468. The molecule has 0 bridgehead atoms. The van der Waals surface area contributed by atoms with Gasteiger partial charge >= 0.3 is 12.0 Å². The lowest BCUT2D eigenvalue weighted by molar-refractivity contribution is -0.136. The molecule has 1 heterocycles. The van der Waals surface area contributed by atoms with Crippen molar-refractivity contribution < 1.29 is 14.7 Å². The molecule has 0 aliphatic carbocycles. The summed E-state index contributed by atoms with van der Waals surface area (Å²) >= 11 is 0. The quantitative estimate of drug-likeness (QED) is 0.872. The summed E-state index contributed by atoms with van der Waals surface area (Å²) in [5.41, 5.74) is 1.35. The van der Waals surface area contributed by atoms with Crippen molar-refractivity contribution in [3.05, 3.63) is 35.9 Å². The van der Waals surface area contributed by atoms with Gasteiger partial charge in [-0.3, -0.25) is 4.79 Å². The summed E-state index contributed by atoms with van der Waals surface area (Å²) in [7, 11) is 0. The van der Waals surface area contributed by atoms with Crippen LogP contribution >= 0.6 is 0 Å². The summed E-state index contributed by atoms with van der Waals surface area (Å²) in [5.74, 6) is -0.271. The third-order valence-corrected chi connectivity index (χ3v) is 3.88. The highest BCUT2D eigenvalue weighted by molar-refractivity contribution is 5.75. The van der Waals surface area contributed by atoms with Crippen molar-refractivity contribution in [1.29, 1.82) is 0 Å². The molecule has 1 fully saturated rings. The van der Waals surface area contributed by atoms with Crippen LogP contribution in [0.25, 0.3) is 0 Å². The van der Waals surface area contributed by atoms with E-state index < -0.39 is 5.97 Å². The molecule has 1 saturated heterocycles. The van der Waals surface area contributed by atoms with E-state index in [1.807, 2.05) is 6.07 Å². The number of carbonyl (C=O) groups is 2. The zero-order valence-electron chi connectivity index (χ0n) is 12.1. The molecule has 21 heavy (non-hydrogen) atoms. The molecule has 0 atom stereocenters. The minimum Gasteiger partial charge on any atom is -0.481 e. The fourth-order valence-corrected chi connectivity index (χ4v) is 2.68. The molecule has 0 unspecified atom stereocenters. The van der Waals surface area contributed by atoms with Crippen LogP contribution in [0.5, 0.6) is 0 Å². The van der Waals surface area contributed by atoms with Crippen molar-refractivity contribution in [1.82, 2.24) is 10.2 Å². The van der Waals surface area contributed by atoms with Gasteiger partial charge in [-0.1, -0.05) is 30.3 Å². The molecule has 5 nitrogen and oxygen atoms in total. The molecule has 114 valence electrons. The van der Waals surface area contributed by atoms with Gasteiger partial charge in [0.15, 0.2) is 0 Å². The van der Waals surface area contributed by atoms with Crippen molar-refractivity contribution >= 4 is 12.0 Å². The average molecular weight is 290 g/mol. The molecule has 1 aromatic carbocycles. The molecular formula is C16H22N2O3. The highest BCUT2D eigenvalue weighted by Crippen LogP contribution is 2.21. The first-order chi connectivity index (χ1) is 10.1. The molecule has 2 rings (SSSR count). The predicted octanol–water partition coefficient (Wildman–Crippen LogP) is 2.13. The number of likely N-dealkylation sites (tertiary alicyclic amines) is 1. The largest absolute Gasteiger partial charge is 0.481 e. The highest BCUT2D eigenvalue weighted by Gasteiger charge is 2.22. The fourth-order valence-electron chi connectivity index (χ4n) is 2.68. The van der Waals surface area contributed by atoms with Crippen LogP contribution in [0.4, 0.5) is 4.79 Å². The number of nitrogens with one attached hydrogen (secondary N) is 1. The van der Waals surface area contributed by atoms with Crippen LogP contribution in [0, 0.1) is 5.92 Å². The molecule has 0 aromatic heterocycles. The van der Waals surface area contributed by atoms with Gasteiger partial charge in [0.05, 0.1) is 6.42 Å². The normalized spacial score (nSPS) is 15.7. The second-order valence-electron chi connectivity index (χ2n) is 5.50. The van der Waals surface area contributed by atoms with Gasteiger partial charge in [0.2, 0.25) is 0 Å². The molecule has 1 aliphatic rings. The van der Waals surface area contributed by atoms with Gasteiger partial charge in [-0.05, 0) is 30.7 Å². The number of rotatable bonds is 5. The van der Waals surface area contributed by atoms with E-state index in [2.05, 4.69) is 29.6 Å². The third kappa shape index (κ3) is 5.10. The van der Waals surface area contributed by atoms with Crippen LogP contribution in [0.15, 0.2) is 30.3 Å². The van der Waals surface area contributed by atoms with Crippen molar-refractivity contribution in [2.75, 3.05) is 19.6 Å². The Hall–Kier alpha value is -2.04. The summed E-state index contributed by atoms with van der Waals surface area (Å²) in [6.45, 7) is 1.69. The minimum absolute atomic E-state index is 0.0315. The zero-order chi connectivity index (χ0) is 15.1. The van der Waals surface area contributed by atoms with Crippen LogP contribution in [-0.2, 0) is 11.2 Å². The van der Waals surface area contributed by atoms with Crippen LogP contribution in [0.3, 0.4) is 0 Å². The molecule has 2 amide bonds. The second kappa shape index (κ2) is 7.67. The van der Waals surface area contributed by atoms with Gasteiger partial charge in [-0.2, -0.15) is 0 Å². The Morgan fingerprint density at radius 1 is 1.19 bits per heavy atom. The number of carbonyl (C=O) groups excluding carboxylic acids is 1. The maximum absolute atomic E-state index is 11.9. The van der Waals surface area contributed by atoms with E-state index in [9.17, 15) is 9.59 Å². The van der Waals surface area contributed by atoms with E-state index in [0.717, 1.165) is 32.4 Å². The Morgan fingerprint density at radius 2 is 1.86 bits per heavy atom. The van der Waals surface area contributed by atoms with E-state index in [0.29, 0.717) is 5.92 Å². The Kier molecular flexibility index (Phi) is 5.60. The Balaban J connectivity index is 1.70. The van der Waals surface area contributed by atoms with E-state index in [4.69, 9.17) is 5.11 Å². The summed E-state index contributed by atoms with van der Waals surface area (Å²) in [5, 5.41) is 11.2. The standard InChI is InChI=1S/C16H22N2O3/c19-15(20)6-9-17-16(21)18-10-7-14(8-11-18)12-13-4-2-1-3-5-13/h1-5,14H,6-12H2,(H,17,21)(H,19,20). The van der Waals surface area contributed by atoms with Crippen molar-refractivity contribution in [2.45, 2.75) is 25.7 Å². The maximum Gasteiger partial charge on any atom is 0.317 e. The van der Waals surface area contributed by atoms with Gasteiger partial charge in [0, 0.05) is 19.6 Å². The van der Waals surface area contributed by atoms with Crippen molar-refractivity contribution in [2.24, 2.45) is 5.92 Å². The number of carboxylic acids is 1. The molecule has 1 aromatic rings. The monoisotopic (exact) mass is 290 g/mol. The molecule has 5 heteroatoms. The molecule has 0 saturated carbocycles. The van der Waals surface area contributed by atoms with Gasteiger partial charge < -0.3 is 15.3 Å². The summed E-state index contributed by atoms with van der Waals surface area (Å²) in [6.07, 6.45) is 3.04. The SMILES string of the molecule is O=C(O)CCNC(=O)N1CCC(Cc2ccccc2)CC1. The van der Waals surface area contributed by atoms with E-state index in [-0.39, 0.29) is 19.0 Å². The summed E-state index contributed by atoms with van der Waals surface area (Å²) in [6, 6.07) is 10.3. The fraction of sp³-hybridized carbons (Fsp3) is 0.500. The predicted molar refractivity (Wildman–Crippen MR) is 80.1 cm³/mol. The van der Waals surface area contributed by atoms with Gasteiger partial charge in [0.25, 0.3) is 0 Å². The number of piperidine rings is 1. The smallest absolute Gasteiger partial charge is 0.317 e. The van der Waals surface area contributed by atoms with Gasteiger partial charge in [0.1, 0.15) is 0 Å². The van der Waals surface area contributed by atoms with Gasteiger partial charge in [-0.15, -0.1) is 0 Å². The highest BCUT2D eigenvalue weighted by atomic mass is 16.4. The van der Waals surface area contributed by atoms with E-state index >= 15 is 0 Å². The first-order valence-corrected chi connectivity index (χ1v) is 7.43. The number of hydrogen-bond donors (Lipinski definition) is 2. The number of benzene rings is 1. The van der Waals surface area contributed by atoms with E-state index in [1.165, 1.54) is 5.56 Å². The first kappa shape index (κ1) is 15.4. The zero-order valence-corrected chi connectivity index (χ0v) is 12.1. The molecule has 0 spiro atoms. The van der Waals surface area contributed by atoms with Crippen LogP contribution in [-0.4, -0.2) is 41.6 Å². The number of amides is 2. The lowest BCUT2D eigenvalue weighted by Gasteiger charge is -2.32. The number of urea groups is 1. The Labute approximate surface area is 125 Å². The molecule has 1 aliphatic heterocycles. The van der Waals surface area contributed by atoms with Crippen LogP contribution in [0.1, 0.15) is 24.8 Å². The topological polar surface area (TPSA) is 69.6 Å². The number of aliphatic carboxylic acids is 1. The second-order valence-corrected chi connectivity index (χ2v) is 5.50. The van der Waals surface area contributed by atoms with Crippen molar-refractivity contribution in [3.63, 3.8) is 0 Å². The molecule has 0 radical (unpaired) electrons. The van der Waals surface area contributed by atoms with Crippen LogP contribution < -0.4 is 5.32 Å². The summed E-state index contributed by atoms with van der Waals surface area (Å²) < 4.78 is 0. The molecule has 2 N–H and O–H groups in total. The number of hydrogen-bond acceptors (Lipinski definition) is 2. The first-order valence-electron chi connectivity index (χ1n) is 7.43. The van der Waals surface area contributed by atoms with E-state index in [1.54, 1.807) is 4.90 Å². The van der Waals surface area contributed by atoms with Crippen molar-refractivity contribution in [3.8, 4) is 0 Å². The number of carboxylic acid groups (broad SMARTS) is 1. The lowest BCUT2D eigenvalue weighted by atomic mass is 9.90. The average Bonchev–Trinajstić information content (AvgIpc) is 2.48. The lowest BCUT2D eigenvalue weighted by Crippen LogP contribution is -2.45. The third-order valence-electron chi connectivity index (χ3n) is 3.88. The minimum atomic E-state index is -0.892.